The summed E-state index contributed by atoms with van der Waals surface area (Å²) in [4.78, 5) is 0. The lowest BCUT2D eigenvalue weighted by Gasteiger charge is -2.51. The highest BCUT2D eigenvalue weighted by molar-refractivity contribution is 6.54. The van der Waals surface area contributed by atoms with Gasteiger partial charge in [-0.1, -0.05) is 19.3 Å². The second-order valence-electron chi connectivity index (χ2n) is 8.33. The summed E-state index contributed by atoms with van der Waals surface area (Å²) in [6.45, 7) is 12.8. The average Bonchev–Trinajstić information content (AvgIpc) is 2.55. The first-order valence-corrected chi connectivity index (χ1v) is 8.29. The van der Waals surface area contributed by atoms with E-state index in [1.54, 1.807) is 0 Å². The molecule has 2 nitrogen and oxygen atoms in total. The van der Waals surface area contributed by atoms with E-state index in [1.807, 2.05) is 0 Å². The number of hydrogen-bond acceptors (Lipinski definition) is 2. The standard InChI is InChI=1S/C17H29BO2/c1-13(18-19-15(2,3)16(4,5)20-18)14-11-17(12-14)9-7-6-8-10-17/h14H,1,6-12H2,2-5H3. The van der Waals surface area contributed by atoms with Crippen LogP contribution in [0.4, 0.5) is 0 Å². The summed E-state index contributed by atoms with van der Waals surface area (Å²) in [6.07, 6.45) is 9.78. The zero-order chi connectivity index (χ0) is 14.6. The molecule has 3 aliphatic rings. The van der Waals surface area contributed by atoms with Crippen molar-refractivity contribution in [3.8, 4) is 0 Å². The summed E-state index contributed by atoms with van der Waals surface area (Å²) in [6, 6.07) is 0. The maximum absolute atomic E-state index is 6.14. The third kappa shape index (κ3) is 2.27. The molecule has 20 heavy (non-hydrogen) atoms. The summed E-state index contributed by atoms with van der Waals surface area (Å²) >= 11 is 0. The first kappa shape index (κ1) is 14.7. The Bertz CT molecular complexity index is 383. The summed E-state index contributed by atoms with van der Waals surface area (Å²) in [5.74, 6) is 0.614. The van der Waals surface area contributed by atoms with E-state index in [2.05, 4.69) is 34.3 Å². The molecular weight excluding hydrogens is 247 g/mol. The molecule has 0 aromatic carbocycles. The van der Waals surface area contributed by atoms with Crippen LogP contribution in [-0.2, 0) is 9.31 Å². The topological polar surface area (TPSA) is 18.5 Å². The summed E-state index contributed by atoms with van der Waals surface area (Å²) in [5, 5.41) is 0. The molecular formula is C17H29BO2. The van der Waals surface area contributed by atoms with Gasteiger partial charge < -0.3 is 9.31 Å². The Morgan fingerprint density at radius 1 is 0.950 bits per heavy atom. The van der Waals surface area contributed by atoms with Crippen LogP contribution in [0.15, 0.2) is 12.1 Å². The fraction of sp³-hybridized carbons (Fsp3) is 0.882. The number of hydrogen-bond donors (Lipinski definition) is 0. The molecule has 0 radical (unpaired) electrons. The lowest BCUT2D eigenvalue weighted by atomic mass is 9.50. The molecule has 0 atom stereocenters. The fourth-order valence-corrected chi connectivity index (χ4v) is 4.14. The van der Waals surface area contributed by atoms with Crippen LogP contribution in [0, 0.1) is 11.3 Å². The molecule has 2 saturated carbocycles. The van der Waals surface area contributed by atoms with E-state index in [1.165, 1.54) is 50.4 Å². The van der Waals surface area contributed by atoms with Crippen molar-refractivity contribution in [3.63, 3.8) is 0 Å². The molecule has 1 spiro atoms. The smallest absolute Gasteiger partial charge is 0.400 e. The average molecular weight is 276 g/mol. The third-order valence-electron chi connectivity index (χ3n) is 6.35. The van der Waals surface area contributed by atoms with Crippen molar-refractivity contribution >= 4 is 7.12 Å². The highest BCUT2D eigenvalue weighted by atomic mass is 16.7. The van der Waals surface area contributed by atoms with Gasteiger partial charge in [-0.05, 0) is 70.2 Å². The van der Waals surface area contributed by atoms with Crippen molar-refractivity contribution < 1.29 is 9.31 Å². The van der Waals surface area contributed by atoms with Crippen molar-refractivity contribution in [1.82, 2.24) is 0 Å². The van der Waals surface area contributed by atoms with Gasteiger partial charge in [-0.3, -0.25) is 0 Å². The van der Waals surface area contributed by atoms with Gasteiger partial charge >= 0.3 is 7.12 Å². The monoisotopic (exact) mass is 276 g/mol. The number of allylic oxidation sites excluding steroid dienone is 1. The molecule has 1 heterocycles. The Morgan fingerprint density at radius 2 is 1.45 bits per heavy atom. The largest absolute Gasteiger partial charge is 0.490 e. The molecule has 0 N–H and O–H groups in total. The second kappa shape index (κ2) is 4.61. The summed E-state index contributed by atoms with van der Waals surface area (Å²) < 4.78 is 12.3. The maximum Gasteiger partial charge on any atom is 0.490 e. The van der Waals surface area contributed by atoms with Crippen LogP contribution in [-0.4, -0.2) is 18.3 Å². The van der Waals surface area contributed by atoms with E-state index in [-0.39, 0.29) is 18.3 Å². The molecule has 0 aromatic heterocycles. The van der Waals surface area contributed by atoms with Gasteiger partial charge in [0.25, 0.3) is 0 Å². The van der Waals surface area contributed by atoms with E-state index in [0.717, 1.165) is 0 Å². The Hall–Kier alpha value is -0.275. The molecule has 0 bridgehead atoms. The van der Waals surface area contributed by atoms with E-state index in [0.29, 0.717) is 11.3 Å². The lowest BCUT2D eigenvalue weighted by Crippen LogP contribution is -2.42. The van der Waals surface area contributed by atoms with Crippen molar-refractivity contribution in [2.24, 2.45) is 11.3 Å². The Labute approximate surface area is 124 Å². The molecule has 0 amide bonds. The predicted molar refractivity (Wildman–Crippen MR) is 83.5 cm³/mol. The Kier molecular flexibility index (Phi) is 3.38. The van der Waals surface area contributed by atoms with Crippen LogP contribution in [0.25, 0.3) is 0 Å². The summed E-state index contributed by atoms with van der Waals surface area (Å²) in [7, 11) is -0.203. The minimum absolute atomic E-state index is 0.203. The molecule has 0 unspecified atom stereocenters. The second-order valence-corrected chi connectivity index (χ2v) is 8.33. The van der Waals surface area contributed by atoms with Gasteiger partial charge in [-0.15, -0.1) is 6.58 Å². The van der Waals surface area contributed by atoms with Gasteiger partial charge in [0.05, 0.1) is 11.2 Å². The molecule has 1 aliphatic heterocycles. The number of rotatable bonds is 2. The third-order valence-corrected chi connectivity index (χ3v) is 6.35. The van der Waals surface area contributed by atoms with Gasteiger partial charge in [-0.25, -0.2) is 0 Å². The zero-order valence-corrected chi connectivity index (χ0v) is 13.6. The predicted octanol–water partition coefficient (Wildman–Crippen LogP) is 4.53. The van der Waals surface area contributed by atoms with Gasteiger partial charge in [0, 0.05) is 0 Å². The minimum atomic E-state index is -0.243. The van der Waals surface area contributed by atoms with Crippen molar-refractivity contribution in [1.29, 1.82) is 0 Å². The van der Waals surface area contributed by atoms with E-state index in [9.17, 15) is 0 Å². The molecule has 3 fully saturated rings. The molecule has 2 aliphatic carbocycles. The van der Waals surface area contributed by atoms with E-state index in [4.69, 9.17) is 9.31 Å². The lowest BCUT2D eigenvalue weighted by molar-refractivity contribution is 0.00578. The molecule has 1 saturated heterocycles. The van der Waals surface area contributed by atoms with Gasteiger partial charge in [0.15, 0.2) is 0 Å². The highest BCUT2D eigenvalue weighted by Gasteiger charge is 2.55. The van der Waals surface area contributed by atoms with Crippen LogP contribution < -0.4 is 0 Å². The normalized spacial score (nSPS) is 31.3. The van der Waals surface area contributed by atoms with E-state index < -0.39 is 0 Å². The first-order valence-electron chi connectivity index (χ1n) is 8.29. The Morgan fingerprint density at radius 3 is 1.95 bits per heavy atom. The van der Waals surface area contributed by atoms with Gasteiger partial charge in [0.2, 0.25) is 0 Å². The van der Waals surface area contributed by atoms with Gasteiger partial charge in [0.1, 0.15) is 0 Å². The van der Waals surface area contributed by atoms with Crippen LogP contribution in [0.3, 0.4) is 0 Å². The zero-order valence-electron chi connectivity index (χ0n) is 13.6. The quantitative estimate of drug-likeness (QED) is 0.690. The van der Waals surface area contributed by atoms with Crippen LogP contribution >= 0.6 is 0 Å². The van der Waals surface area contributed by atoms with Crippen molar-refractivity contribution in [2.75, 3.05) is 0 Å². The van der Waals surface area contributed by atoms with Crippen LogP contribution in [0.2, 0.25) is 0 Å². The summed E-state index contributed by atoms with van der Waals surface area (Å²) in [5.41, 5.74) is 1.34. The highest BCUT2D eigenvalue weighted by Crippen LogP contribution is 2.57. The van der Waals surface area contributed by atoms with Crippen LogP contribution in [0.5, 0.6) is 0 Å². The van der Waals surface area contributed by atoms with Gasteiger partial charge in [-0.2, -0.15) is 0 Å². The van der Waals surface area contributed by atoms with Crippen LogP contribution in [0.1, 0.15) is 72.6 Å². The molecule has 3 rings (SSSR count). The van der Waals surface area contributed by atoms with Crippen molar-refractivity contribution in [3.05, 3.63) is 12.1 Å². The molecule has 0 aromatic rings. The maximum atomic E-state index is 6.14. The van der Waals surface area contributed by atoms with Crippen molar-refractivity contribution in [2.45, 2.75) is 83.8 Å². The Balaban J connectivity index is 1.59. The SMILES string of the molecule is C=C(B1OC(C)(C)C(C)(C)O1)C1CC2(CCCCC2)C1. The first-order chi connectivity index (χ1) is 9.25. The molecule has 112 valence electrons. The molecule has 3 heteroatoms. The van der Waals surface area contributed by atoms with E-state index >= 15 is 0 Å². The minimum Gasteiger partial charge on any atom is -0.400 e. The fourth-order valence-electron chi connectivity index (χ4n) is 4.14.